The summed E-state index contributed by atoms with van der Waals surface area (Å²) in [6.07, 6.45) is 3.98. The van der Waals surface area contributed by atoms with Gasteiger partial charge in [0.15, 0.2) is 0 Å². The fourth-order valence-corrected chi connectivity index (χ4v) is 1.74. The summed E-state index contributed by atoms with van der Waals surface area (Å²) in [4.78, 5) is 0. The second-order valence-electron chi connectivity index (χ2n) is 4.39. The number of benzene rings is 1. The van der Waals surface area contributed by atoms with Gasteiger partial charge in [-0.25, -0.2) is 4.39 Å². The lowest BCUT2D eigenvalue weighted by atomic mass is 9.97. The van der Waals surface area contributed by atoms with Gasteiger partial charge in [-0.1, -0.05) is 45.7 Å². The molecular formula is C14H21F. The van der Waals surface area contributed by atoms with Gasteiger partial charge in [0.05, 0.1) is 0 Å². The van der Waals surface area contributed by atoms with Crippen molar-refractivity contribution in [2.45, 2.75) is 46.5 Å². The maximum absolute atomic E-state index is 13.6. The first-order chi connectivity index (χ1) is 7.17. The van der Waals surface area contributed by atoms with Crippen LogP contribution in [0.2, 0.25) is 0 Å². The number of hydrogen-bond donors (Lipinski definition) is 0. The van der Waals surface area contributed by atoms with Crippen molar-refractivity contribution in [1.29, 1.82) is 0 Å². The minimum Gasteiger partial charge on any atom is -0.207 e. The van der Waals surface area contributed by atoms with E-state index in [2.05, 4.69) is 26.8 Å². The average Bonchev–Trinajstić information content (AvgIpc) is 2.22. The molecule has 1 aromatic rings. The van der Waals surface area contributed by atoms with Gasteiger partial charge in [0, 0.05) is 0 Å². The monoisotopic (exact) mass is 208 g/mol. The van der Waals surface area contributed by atoms with Gasteiger partial charge < -0.3 is 0 Å². The Morgan fingerprint density at radius 2 is 2.00 bits per heavy atom. The molecule has 1 atom stereocenters. The Hall–Kier alpha value is -0.850. The lowest BCUT2D eigenvalue weighted by Crippen LogP contribution is -1.99. The van der Waals surface area contributed by atoms with Crippen LogP contribution in [0, 0.1) is 11.7 Å². The van der Waals surface area contributed by atoms with Gasteiger partial charge in [-0.05, 0) is 36.0 Å². The SMILES string of the molecule is CCCc1ccc(CC(C)CC)cc1F. The molecular weight excluding hydrogens is 187 g/mol. The van der Waals surface area contributed by atoms with E-state index < -0.39 is 0 Å². The summed E-state index contributed by atoms with van der Waals surface area (Å²) in [5, 5.41) is 0. The Bertz CT molecular complexity index is 304. The van der Waals surface area contributed by atoms with E-state index in [1.165, 1.54) is 0 Å². The quantitative estimate of drug-likeness (QED) is 0.674. The van der Waals surface area contributed by atoms with Gasteiger partial charge >= 0.3 is 0 Å². The standard InChI is InChI=1S/C14H21F/c1-4-6-13-8-7-12(10-14(13)15)9-11(3)5-2/h7-8,10-11H,4-6,9H2,1-3H3. The zero-order valence-electron chi connectivity index (χ0n) is 10.0. The summed E-state index contributed by atoms with van der Waals surface area (Å²) < 4.78 is 13.6. The fourth-order valence-electron chi connectivity index (χ4n) is 1.74. The lowest BCUT2D eigenvalue weighted by molar-refractivity contribution is 0.553. The van der Waals surface area contributed by atoms with Gasteiger partial charge in [-0.3, -0.25) is 0 Å². The molecule has 0 nitrogen and oxygen atoms in total. The molecule has 0 amide bonds. The molecule has 0 heterocycles. The van der Waals surface area contributed by atoms with Gasteiger partial charge in [0.25, 0.3) is 0 Å². The summed E-state index contributed by atoms with van der Waals surface area (Å²) in [6, 6.07) is 5.72. The van der Waals surface area contributed by atoms with Crippen LogP contribution in [0.4, 0.5) is 4.39 Å². The van der Waals surface area contributed by atoms with E-state index in [4.69, 9.17) is 0 Å². The zero-order valence-corrected chi connectivity index (χ0v) is 10.0. The Labute approximate surface area is 92.5 Å². The third-order valence-corrected chi connectivity index (χ3v) is 2.92. The van der Waals surface area contributed by atoms with Crippen LogP contribution < -0.4 is 0 Å². The van der Waals surface area contributed by atoms with Crippen LogP contribution in [0.1, 0.15) is 44.7 Å². The van der Waals surface area contributed by atoms with Gasteiger partial charge in [-0.15, -0.1) is 0 Å². The molecule has 0 aliphatic heterocycles. The first-order valence-corrected chi connectivity index (χ1v) is 5.94. The van der Waals surface area contributed by atoms with Crippen molar-refractivity contribution in [2.75, 3.05) is 0 Å². The third-order valence-electron chi connectivity index (χ3n) is 2.92. The van der Waals surface area contributed by atoms with Crippen LogP contribution in [0.5, 0.6) is 0 Å². The molecule has 1 heteroatoms. The van der Waals surface area contributed by atoms with E-state index >= 15 is 0 Å². The minimum absolute atomic E-state index is 0.0300. The van der Waals surface area contributed by atoms with Crippen molar-refractivity contribution in [1.82, 2.24) is 0 Å². The van der Waals surface area contributed by atoms with Crippen molar-refractivity contribution in [2.24, 2.45) is 5.92 Å². The molecule has 1 rings (SSSR count). The number of halogens is 1. The van der Waals surface area contributed by atoms with Gasteiger partial charge in [0.2, 0.25) is 0 Å². The van der Waals surface area contributed by atoms with Crippen molar-refractivity contribution >= 4 is 0 Å². The first-order valence-electron chi connectivity index (χ1n) is 5.94. The first kappa shape index (κ1) is 12.2. The molecule has 15 heavy (non-hydrogen) atoms. The van der Waals surface area contributed by atoms with Crippen molar-refractivity contribution in [3.8, 4) is 0 Å². The molecule has 0 saturated heterocycles. The molecule has 0 radical (unpaired) electrons. The highest BCUT2D eigenvalue weighted by molar-refractivity contribution is 5.24. The minimum atomic E-state index is -0.0300. The highest BCUT2D eigenvalue weighted by Crippen LogP contribution is 2.16. The van der Waals surface area contributed by atoms with Crippen LogP contribution in [0.3, 0.4) is 0 Å². The van der Waals surface area contributed by atoms with Gasteiger partial charge in [0.1, 0.15) is 5.82 Å². The van der Waals surface area contributed by atoms with Crippen LogP contribution in [-0.4, -0.2) is 0 Å². The van der Waals surface area contributed by atoms with Crippen LogP contribution in [0.15, 0.2) is 18.2 Å². The smallest absolute Gasteiger partial charge is 0.126 e. The summed E-state index contributed by atoms with van der Waals surface area (Å²) in [5.74, 6) is 0.610. The van der Waals surface area contributed by atoms with Crippen LogP contribution >= 0.6 is 0 Å². The molecule has 84 valence electrons. The van der Waals surface area contributed by atoms with E-state index in [1.54, 1.807) is 6.07 Å². The number of hydrogen-bond acceptors (Lipinski definition) is 0. The summed E-state index contributed by atoms with van der Waals surface area (Å²) in [6.45, 7) is 6.46. The van der Waals surface area contributed by atoms with Gasteiger partial charge in [-0.2, -0.15) is 0 Å². The van der Waals surface area contributed by atoms with E-state index in [0.29, 0.717) is 5.92 Å². The number of aryl methyl sites for hydroxylation is 1. The van der Waals surface area contributed by atoms with Crippen LogP contribution in [-0.2, 0) is 12.8 Å². The second-order valence-corrected chi connectivity index (χ2v) is 4.39. The Kier molecular flexibility index (Phi) is 4.80. The third kappa shape index (κ3) is 3.65. The molecule has 0 aliphatic carbocycles. The molecule has 0 bridgehead atoms. The molecule has 1 unspecified atom stereocenters. The normalized spacial score (nSPS) is 12.8. The van der Waals surface area contributed by atoms with Crippen molar-refractivity contribution < 1.29 is 4.39 Å². The molecule has 1 aromatic carbocycles. The fraction of sp³-hybridized carbons (Fsp3) is 0.571. The van der Waals surface area contributed by atoms with E-state index in [-0.39, 0.29) is 5.82 Å². The molecule has 0 aliphatic rings. The molecule has 0 fully saturated rings. The Morgan fingerprint density at radius 3 is 2.53 bits per heavy atom. The van der Waals surface area contributed by atoms with E-state index in [1.807, 2.05) is 6.07 Å². The van der Waals surface area contributed by atoms with E-state index in [0.717, 1.165) is 36.8 Å². The summed E-state index contributed by atoms with van der Waals surface area (Å²) in [5.41, 5.74) is 1.98. The van der Waals surface area contributed by atoms with Crippen molar-refractivity contribution in [3.63, 3.8) is 0 Å². The largest absolute Gasteiger partial charge is 0.207 e. The topological polar surface area (TPSA) is 0 Å². The maximum atomic E-state index is 13.6. The lowest BCUT2D eigenvalue weighted by Gasteiger charge is -2.09. The molecule has 0 aromatic heterocycles. The second kappa shape index (κ2) is 5.89. The Balaban J connectivity index is 2.73. The molecule has 0 spiro atoms. The highest BCUT2D eigenvalue weighted by atomic mass is 19.1. The highest BCUT2D eigenvalue weighted by Gasteiger charge is 2.05. The van der Waals surface area contributed by atoms with Crippen molar-refractivity contribution in [3.05, 3.63) is 35.1 Å². The Morgan fingerprint density at radius 1 is 1.27 bits per heavy atom. The zero-order chi connectivity index (χ0) is 11.3. The summed E-state index contributed by atoms with van der Waals surface area (Å²) in [7, 11) is 0. The number of rotatable bonds is 5. The predicted molar refractivity (Wildman–Crippen MR) is 63.6 cm³/mol. The molecule has 0 saturated carbocycles. The van der Waals surface area contributed by atoms with Crippen LogP contribution in [0.25, 0.3) is 0 Å². The van der Waals surface area contributed by atoms with E-state index in [9.17, 15) is 4.39 Å². The maximum Gasteiger partial charge on any atom is 0.126 e. The summed E-state index contributed by atoms with van der Waals surface area (Å²) >= 11 is 0. The molecule has 0 N–H and O–H groups in total. The predicted octanol–water partition coefficient (Wildman–Crippen LogP) is 4.37. The average molecular weight is 208 g/mol.